The third kappa shape index (κ3) is 3.77. The number of hydrogen-bond acceptors (Lipinski definition) is 5. The summed E-state index contributed by atoms with van der Waals surface area (Å²) in [6, 6.07) is 7.30. The number of nitrogens with one attached hydrogen (secondary N) is 2. The third-order valence-electron chi connectivity index (χ3n) is 4.14. The maximum absolute atomic E-state index is 12.6. The fourth-order valence-electron chi connectivity index (χ4n) is 2.83. The summed E-state index contributed by atoms with van der Waals surface area (Å²) in [7, 11) is 0. The number of nitrogens with zero attached hydrogens (tertiary/aromatic N) is 2. The first-order valence-electron chi connectivity index (χ1n) is 8.09. The monoisotopic (exact) mass is 348 g/mol. The lowest BCUT2D eigenvalue weighted by molar-refractivity contribution is 0.0946. The standard InChI is InChI=1S/C17H21ClN4O2/c1-12-15(16(21-24-12)13-4-2-3-5-14(13)18)17(23)20-8-11-22-9-6-19-7-10-22/h2-5,19H,6-11H2,1H3,(H,20,23). The van der Waals surface area contributed by atoms with E-state index in [0.717, 1.165) is 32.7 Å². The molecule has 1 aliphatic rings. The predicted octanol–water partition coefficient (Wildman–Crippen LogP) is 1.94. The van der Waals surface area contributed by atoms with Gasteiger partial charge in [0, 0.05) is 44.8 Å². The molecule has 1 aromatic carbocycles. The van der Waals surface area contributed by atoms with Crippen LogP contribution in [-0.4, -0.2) is 55.2 Å². The van der Waals surface area contributed by atoms with Crippen molar-refractivity contribution in [1.29, 1.82) is 0 Å². The second-order valence-corrected chi connectivity index (χ2v) is 6.20. The number of benzene rings is 1. The van der Waals surface area contributed by atoms with E-state index in [1.807, 2.05) is 18.2 Å². The molecule has 0 atom stereocenters. The summed E-state index contributed by atoms with van der Waals surface area (Å²) in [5.41, 5.74) is 1.63. The molecule has 1 saturated heterocycles. The highest BCUT2D eigenvalue weighted by molar-refractivity contribution is 6.33. The van der Waals surface area contributed by atoms with Crippen LogP contribution >= 0.6 is 11.6 Å². The fraction of sp³-hybridized carbons (Fsp3) is 0.412. The maximum atomic E-state index is 12.6. The lowest BCUT2D eigenvalue weighted by Crippen LogP contribution is -2.46. The van der Waals surface area contributed by atoms with Gasteiger partial charge in [-0.25, -0.2) is 0 Å². The molecule has 2 N–H and O–H groups in total. The average Bonchev–Trinajstić information content (AvgIpc) is 2.97. The highest BCUT2D eigenvalue weighted by Gasteiger charge is 2.22. The summed E-state index contributed by atoms with van der Waals surface area (Å²) in [6.45, 7) is 7.16. The zero-order valence-corrected chi connectivity index (χ0v) is 14.4. The Morgan fingerprint density at radius 2 is 2.12 bits per heavy atom. The van der Waals surface area contributed by atoms with Crippen molar-refractivity contribution >= 4 is 17.5 Å². The zero-order chi connectivity index (χ0) is 16.9. The summed E-state index contributed by atoms with van der Waals surface area (Å²) in [6.07, 6.45) is 0. The number of aryl methyl sites for hydroxylation is 1. The minimum absolute atomic E-state index is 0.182. The molecule has 0 aliphatic carbocycles. The van der Waals surface area contributed by atoms with Gasteiger partial charge in [0.05, 0.1) is 5.02 Å². The highest BCUT2D eigenvalue weighted by Crippen LogP contribution is 2.30. The fourth-order valence-corrected chi connectivity index (χ4v) is 3.05. The smallest absolute Gasteiger partial charge is 0.257 e. The number of piperazine rings is 1. The van der Waals surface area contributed by atoms with Gasteiger partial charge in [-0.2, -0.15) is 0 Å². The number of amides is 1. The first kappa shape index (κ1) is 17.0. The number of rotatable bonds is 5. The molecule has 7 heteroatoms. The van der Waals surface area contributed by atoms with Crippen LogP contribution in [0.4, 0.5) is 0 Å². The molecule has 0 radical (unpaired) electrons. The summed E-state index contributed by atoms with van der Waals surface area (Å²) < 4.78 is 5.23. The molecule has 0 bridgehead atoms. The molecule has 3 rings (SSSR count). The molecule has 2 aromatic rings. The van der Waals surface area contributed by atoms with Crippen LogP contribution in [0.1, 0.15) is 16.1 Å². The Kier molecular flexibility index (Phi) is 5.50. The number of halogens is 1. The lowest BCUT2D eigenvalue weighted by atomic mass is 10.1. The molecule has 0 unspecified atom stereocenters. The van der Waals surface area contributed by atoms with Gasteiger partial charge in [0.25, 0.3) is 5.91 Å². The number of aromatic nitrogens is 1. The second-order valence-electron chi connectivity index (χ2n) is 5.79. The average molecular weight is 349 g/mol. The Balaban J connectivity index is 1.69. The van der Waals surface area contributed by atoms with Crippen LogP contribution in [0.3, 0.4) is 0 Å². The van der Waals surface area contributed by atoms with E-state index in [0.29, 0.717) is 34.1 Å². The van der Waals surface area contributed by atoms with Gasteiger partial charge >= 0.3 is 0 Å². The molecule has 1 aromatic heterocycles. The molecule has 24 heavy (non-hydrogen) atoms. The Bertz CT molecular complexity index is 710. The van der Waals surface area contributed by atoms with Crippen molar-refractivity contribution < 1.29 is 9.32 Å². The van der Waals surface area contributed by atoms with Crippen molar-refractivity contribution in [1.82, 2.24) is 20.7 Å². The topological polar surface area (TPSA) is 70.4 Å². The summed E-state index contributed by atoms with van der Waals surface area (Å²) in [5, 5.41) is 10.8. The first-order chi connectivity index (χ1) is 11.7. The van der Waals surface area contributed by atoms with Crippen molar-refractivity contribution in [2.75, 3.05) is 39.3 Å². The van der Waals surface area contributed by atoms with Crippen LogP contribution < -0.4 is 10.6 Å². The van der Waals surface area contributed by atoms with Gasteiger partial charge in [0.2, 0.25) is 0 Å². The Morgan fingerprint density at radius 1 is 1.38 bits per heavy atom. The van der Waals surface area contributed by atoms with Gasteiger partial charge in [-0.1, -0.05) is 35.0 Å². The van der Waals surface area contributed by atoms with Crippen LogP contribution in [0.25, 0.3) is 11.3 Å². The molecular weight excluding hydrogens is 328 g/mol. The van der Waals surface area contributed by atoms with Gasteiger partial charge in [-0.15, -0.1) is 0 Å². The molecule has 1 fully saturated rings. The zero-order valence-electron chi connectivity index (χ0n) is 13.6. The second kappa shape index (κ2) is 7.79. The molecular formula is C17H21ClN4O2. The Morgan fingerprint density at radius 3 is 2.88 bits per heavy atom. The van der Waals surface area contributed by atoms with E-state index in [4.69, 9.17) is 16.1 Å². The predicted molar refractivity (Wildman–Crippen MR) is 93.3 cm³/mol. The molecule has 6 nitrogen and oxygen atoms in total. The maximum Gasteiger partial charge on any atom is 0.257 e. The number of hydrogen-bond donors (Lipinski definition) is 2. The Labute approximate surface area is 146 Å². The van der Waals surface area contributed by atoms with E-state index in [2.05, 4.69) is 20.7 Å². The minimum atomic E-state index is -0.182. The molecule has 0 spiro atoms. The van der Waals surface area contributed by atoms with Crippen molar-refractivity contribution in [2.45, 2.75) is 6.92 Å². The van der Waals surface area contributed by atoms with Gasteiger partial charge in [-0.05, 0) is 13.0 Å². The van der Waals surface area contributed by atoms with Crippen LogP contribution in [-0.2, 0) is 0 Å². The Hall–Kier alpha value is -1.89. The molecule has 128 valence electrons. The van der Waals surface area contributed by atoms with Crippen molar-refractivity contribution in [3.05, 3.63) is 40.6 Å². The summed E-state index contributed by atoms with van der Waals surface area (Å²) in [4.78, 5) is 14.9. The van der Waals surface area contributed by atoms with Gasteiger partial charge in [0.1, 0.15) is 17.0 Å². The largest absolute Gasteiger partial charge is 0.360 e. The van der Waals surface area contributed by atoms with E-state index in [1.165, 1.54) is 0 Å². The van der Waals surface area contributed by atoms with E-state index in [9.17, 15) is 4.79 Å². The van der Waals surface area contributed by atoms with Gasteiger partial charge in [0.15, 0.2) is 0 Å². The SMILES string of the molecule is Cc1onc(-c2ccccc2Cl)c1C(=O)NCCN1CCNCC1. The molecule has 0 saturated carbocycles. The van der Waals surface area contributed by atoms with E-state index >= 15 is 0 Å². The van der Waals surface area contributed by atoms with E-state index in [-0.39, 0.29) is 5.91 Å². The number of carbonyl (C=O) groups excluding carboxylic acids is 1. The minimum Gasteiger partial charge on any atom is -0.360 e. The quantitative estimate of drug-likeness (QED) is 0.864. The van der Waals surface area contributed by atoms with E-state index < -0.39 is 0 Å². The molecule has 1 amide bonds. The van der Waals surface area contributed by atoms with Gasteiger partial charge in [-0.3, -0.25) is 9.69 Å². The van der Waals surface area contributed by atoms with Gasteiger partial charge < -0.3 is 15.2 Å². The van der Waals surface area contributed by atoms with Crippen LogP contribution in [0.15, 0.2) is 28.8 Å². The highest BCUT2D eigenvalue weighted by atomic mass is 35.5. The van der Waals surface area contributed by atoms with Crippen LogP contribution in [0.5, 0.6) is 0 Å². The summed E-state index contributed by atoms with van der Waals surface area (Å²) in [5.74, 6) is 0.309. The summed E-state index contributed by atoms with van der Waals surface area (Å²) >= 11 is 6.22. The molecule has 2 heterocycles. The number of carbonyl (C=O) groups is 1. The van der Waals surface area contributed by atoms with E-state index in [1.54, 1.807) is 13.0 Å². The normalized spacial score (nSPS) is 15.4. The first-order valence-corrected chi connectivity index (χ1v) is 8.47. The van der Waals surface area contributed by atoms with Crippen molar-refractivity contribution in [3.63, 3.8) is 0 Å². The third-order valence-corrected chi connectivity index (χ3v) is 4.47. The molecule has 1 aliphatic heterocycles. The van der Waals surface area contributed by atoms with Crippen molar-refractivity contribution in [3.8, 4) is 11.3 Å². The van der Waals surface area contributed by atoms with Crippen LogP contribution in [0, 0.1) is 6.92 Å². The lowest BCUT2D eigenvalue weighted by Gasteiger charge is -2.27. The van der Waals surface area contributed by atoms with Crippen molar-refractivity contribution in [2.24, 2.45) is 0 Å². The van der Waals surface area contributed by atoms with Crippen LogP contribution in [0.2, 0.25) is 5.02 Å².